The fraction of sp³-hybridized carbons (Fsp3) is 0.636. The van der Waals surface area contributed by atoms with Gasteiger partial charge in [-0.15, -0.1) is 5.10 Å². The molecular formula is C33H51N5O9Si2. The molecule has 0 radical (unpaired) electrons. The van der Waals surface area contributed by atoms with Gasteiger partial charge in [0.25, 0.3) is 5.56 Å². The number of rotatable bonds is 10. The molecular weight excluding hydrogens is 667 g/mol. The Labute approximate surface area is 289 Å². The normalized spacial score (nSPS) is 25.1. The van der Waals surface area contributed by atoms with Crippen molar-refractivity contribution in [1.29, 1.82) is 0 Å². The molecule has 1 unspecified atom stereocenters. The van der Waals surface area contributed by atoms with Crippen molar-refractivity contribution < 1.29 is 32.3 Å². The molecule has 1 aromatic carbocycles. The molecule has 4 atom stereocenters. The maximum atomic E-state index is 13.2. The third-order valence-corrected chi connectivity index (χ3v) is 20.2. The van der Waals surface area contributed by atoms with Crippen LogP contribution in [-0.2, 0) is 29.8 Å². The summed E-state index contributed by atoms with van der Waals surface area (Å²) in [5.74, 6) is 1.28. The molecule has 0 aliphatic carbocycles. The van der Waals surface area contributed by atoms with E-state index in [1.54, 1.807) is 38.1 Å². The summed E-state index contributed by atoms with van der Waals surface area (Å²) in [6.45, 7) is 18.6. The highest BCUT2D eigenvalue weighted by Crippen LogP contribution is 2.53. The molecule has 2 aliphatic rings. The Kier molecular flexibility index (Phi) is 10.5. The summed E-state index contributed by atoms with van der Waals surface area (Å²) < 4.78 is 42.5. The molecule has 0 bridgehead atoms. The van der Waals surface area contributed by atoms with Gasteiger partial charge in [0.2, 0.25) is 0 Å². The van der Waals surface area contributed by atoms with Crippen LogP contribution in [0.3, 0.4) is 0 Å². The first-order chi connectivity index (χ1) is 23.0. The number of fused-ring (bicyclic) bond motifs is 1. The van der Waals surface area contributed by atoms with Crippen molar-refractivity contribution in [2.24, 2.45) is 0 Å². The van der Waals surface area contributed by atoms with Crippen molar-refractivity contribution >= 4 is 17.1 Å². The maximum Gasteiger partial charge on any atom is 0.335 e. The van der Waals surface area contributed by atoms with E-state index in [1.165, 1.54) is 10.8 Å². The Balaban J connectivity index is 1.71. The average Bonchev–Trinajstić information content (AvgIpc) is 3.61. The van der Waals surface area contributed by atoms with Gasteiger partial charge < -0.3 is 32.3 Å². The van der Waals surface area contributed by atoms with Crippen LogP contribution in [0.1, 0.15) is 78.4 Å². The Morgan fingerprint density at radius 1 is 1.00 bits per heavy atom. The lowest BCUT2D eigenvalue weighted by atomic mass is 9.93. The molecule has 0 spiro atoms. The molecule has 2 saturated heterocycles. The lowest BCUT2D eigenvalue weighted by molar-refractivity contribution is -0.143. The third kappa shape index (κ3) is 6.36. The van der Waals surface area contributed by atoms with Gasteiger partial charge in [-0.2, -0.15) is 0 Å². The minimum absolute atomic E-state index is 0.0406. The molecule has 14 nitrogen and oxygen atoms in total. The molecule has 0 saturated carbocycles. The molecule has 2 aliphatic heterocycles. The molecule has 16 heteroatoms. The summed E-state index contributed by atoms with van der Waals surface area (Å²) in [5, 5.41) is 21.3. The van der Waals surface area contributed by atoms with Gasteiger partial charge in [-0.25, -0.2) is 9.48 Å². The number of aromatic nitrogens is 5. The molecule has 2 fully saturated rings. The Morgan fingerprint density at radius 3 is 2.24 bits per heavy atom. The second-order valence-electron chi connectivity index (χ2n) is 14.3. The summed E-state index contributed by atoms with van der Waals surface area (Å²) in [7, 11) is -3.15. The van der Waals surface area contributed by atoms with Crippen LogP contribution < -0.4 is 20.7 Å². The number of hydrogen-bond donors (Lipinski definition) is 2. The lowest BCUT2D eigenvalue weighted by Crippen LogP contribution is -2.67. The number of ether oxygens (including phenoxy) is 3. The van der Waals surface area contributed by atoms with Crippen LogP contribution in [0.25, 0.3) is 0 Å². The predicted molar refractivity (Wildman–Crippen MR) is 186 cm³/mol. The van der Waals surface area contributed by atoms with Gasteiger partial charge in [-0.05, 0) is 41.2 Å². The van der Waals surface area contributed by atoms with Crippen molar-refractivity contribution in [1.82, 2.24) is 24.5 Å². The number of hydrogen-bond acceptors (Lipinski definition) is 11. The number of benzene rings is 1. The molecule has 49 heavy (non-hydrogen) atoms. The fourth-order valence-corrected chi connectivity index (χ4v) is 18.4. The van der Waals surface area contributed by atoms with Crippen molar-refractivity contribution in [3.8, 4) is 11.5 Å². The van der Waals surface area contributed by atoms with E-state index in [-0.39, 0.29) is 34.3 Å². The van der Waals surface area contributed by atoms with Crippen molar-refractivity contribution in [3.05, 3.63) is 68.3 Å². The second kappa shape index (κ2) is 13.9. The van der Waals surface area contributed by atoms with E-state index in [9.17, 15) is 14.7 Å². The first-order valence-electron chi connectivity index (χ1n) is 16.9. The minimum Gasteiger partial charge on any atom is -0.497 e. The van der Waals surface area contributed by atoms with E-state index in [0.717, 1.165) is 5.56 Å². The molecule has 0 amide bonds. The smallest absolute Gasteiger partial charge is 0.335 e. The van der Waals surface area contributed by atoms with E-state index in [4.69, 9.17) is 27.2 Å². The molecule has 270 valence electrons. The average molecular weight is 718 g/mol. The van der Waals surface area contributed by atoms with Crippen molar-refractivity contribution in [2.75, 3.05) is 20.8 Å². The molecule has 3 aromatic rings. The van der Waals surface area contributed by atoms with Crippen LogP contribution in [0.5, 0.6) is 11.5 Å². The zero-order valence-corrected chi connectivity index (χ0v) is 32.3. The number of methoxy groups -OCH3 is 2. The molecule has 2 aromatic heterocycles. The van der Waals surface area contributed by atoms with Crippen LogP contribution in [0, 0.1) is 6.92 Å². The highest BCUT2D eigenvalue weighted by Gasteiger charge is 2.67. The van der Waals surface area contributed by atoms with Crippen LogP contribution in [0.2, 0.25) is 22.2 Å². The van der Waals surface area contributed by atoms with Crippen LogP contribution >= 0.6 is 0 Å². The molecule has 5 rings (SSSR count). The first-order valence-corrected chi connectivity index (χ1v) is 20.8. The third-order valence-electron chi connectivity index (χ3n) is 9.97. The number of H-pyrrole nitrogens is 1. The standard InChI is InChI=1S/C33H51N5O9Si2/c1-19(2)48(20(3)4)44-18-33(27-17-37(36-35-27)16-24-12-13-25(42-10)14-26(24)43-11)29(46-49(47-48,21(5)6)22(7)8)28(39)31(45-33)38-15-23(9)30(40)34-32(38)41/h12-15,17,19-22,28-29,31,39H,16,18H2,1-11H3,(H,34,40,41)/t28-,29?,31+,33-/m0/s1. The van der Waals surface area contributed by atoms with Crippen LogP contribution in [0.15, 0.2) is 40.2 Å². The Bertz CT molecular complexity index is 1740. The number of aromatic amines is 1. The largest absolute Gasteiger partial charge is 0.497 e. The summed E-state index contributed by atoms with van der Waals surface area (Å²) in [4.78, 5) is 27.9. The summed E-state index contributed by atoms with van der Waals surface area (Å²) in [6.07, 6.45) is -0.548. The van der Waals surface area contributed by atoms with Crippen LogP contribution in [-0.4, -0.2) is 79.8 Å². The minimum atomic E-state index is -3.26. The summed E-state index contributed by atoms with van der Waals surface area (Å²) in [6, 6.07) is 5.54. The van der Waals surface area contributed by atoms with Gasteiger partial charge in [-0.3, -0.25) is 14.3 Å². The highest BCUT2D eigenvalue weighted by molar-refractivity contribution is 6.84. The lowest BCUT2D eigenvalue weighted by Gasteiger charge is -2.53. The van der Waals surface area contributed by atoms with Crippen LogP contribution in [0.4, 0.5) is 0 Å². The Hall–Kier alpha value is -3.13. The van der Waals surface area contributed by atoms with Gasteiger partial charge in [-0.1, -0.05) is 60.6 Å². The van der Waals surface area contributed by atoms with Gasteiger partial charge in [0.15, 0.2) is 11.8 Å². The number of aliphatic hydroxyl groups is 1. The number of nitrogens with one attached hydrogen (secondary N) is 1. The van der Waals surface area contributed by atoms with E-state index in [1.807, 2.05) is 12.1 Å². The quantitative estimate of drug-likeness (QED) is 0.289. The van der Waals surface area contributed by atoms with E-state index < -0.39 is 52.4 Å². The predicted octanol–water partition coefficient (Wildman–Crippen LogP) is 4.24. The maximum absolute atomic E-state index is 13.2. The molecule has 4 heterocycles. The number of nitrogens with zero attached hydrogens (tertiary/aromatic N) is 4. The number of aliphatic hydroxyl groups excluding tert-OH is 1. The zero-order valence-electron chi connectivity index (χ0n) is 30.3. The summed E-state index contributed by atoms with van der Waals surface area (Å²) in [5.41, 5.74) is -1.26. The second-order valence-corrected chi connectivity index (χ2v) is 23.2. The molecule has 2 N–H and O–H groups in total. The summed E-state index contributed by atoms with van der Waals surface area (Å²) >= 11 is 0. The van der Waals surface area contributed by atoms with Gasteiger partial charge in [0.05, 0.1) is 33.6 Å². The fourth-order valence-electron chi connectivity index (χ4n) is 7.19. The first kappa shape index (κ1) is 37.1. The van der Waals surface area contributed by atoms with Gasteiger partial charge in [0, 0.05) is 23.4 Å². The van der Waals surface area contributed by atoms with E-state index in [2.05, 4.69) is 70.7 Å². The van der Waals surface area contributed by atoms with Gasteiger partial charge >= 0.3 is 22.8 Å². The monoisotopic (exact) mass is 717 g/mol. The topological polar surface area (TPSA) is 161 Å². The Morgan fingerprint density at radius 2 is 1.65 bits per heavy atom. The zero-order chi connectivity index (χ0) is 36.1. The van der Waals surface area contributed by atoms with E-state index in [0.29, 0.717) is 23.7 Å². The van der Waals surface area contributed by atoms with Crippen molar-refractivity contribution in [2.45, 2.75) is 115 Å². The van der Waals surface area contributed by atoms with E-state index >= 15 is 0 Å². The number of aryl methyl sites for hydroxylation is 1. The highest BCUT2D eigenvalue weighted by atomic mass is 28.5. The van der Waals surface area contributed by atoms with Crippen molar-refractivity contribution in [3.63, 3.8) is 0 Å². The van der Waals surface area contributed by atoms with Gasteiger partial charge in [0.1, 0.15) is 29.4 Å². The SMILES string of the molecule is COc1ccc(Cn2cc([C@@]34CO[Si](C(C)C)(C(C)C)O[Si](C(C)C)(C(C)C)OC3[C@H](O)[C@H](n3cc(C)c(=O)[nH]c3=O)O4)nn2)c(OC)c1.